The van der Waals surface area contributed by atoms with Crippen molar-refractivity contribution >= 4 is 39.1 Å². The van der Waals surface area contributed by atoms with Gasteiger partial charge in [0.05, 0.1) is 10.1 Å². The molecule has 5 nitrogen and oxygen atoms in total. The van der Waals surface area contributed by atoms with E-state index in [-0.39, 0.29) is 16.1 Å². The Hall–Kier alpha value is -2.77. The van der Waals surface area contributed by atoms with Gasteiger partial charge in [-0.3, -0.25) is 9.52 Å². The Bertz CT molecular complexity index is 1070. The Labute approximate surface area is 175 Å². The van der Waals surface area contributed by atoms with Crippen LogP contribution in [0, 0.1) is 6.92 Å². The van der Waals surface area contributed by atoms with Crippen molar-refractivity contribution in [1.29, 1.82) is 0 Å². The van der Waals surface area contributed by atoms with Gasteiger partial charge in [0.15, 0.2) is 0 Å². The van der Waals surface area contributed by atoms with Crippen LogP contribution in [0.3, 0.4) is 0 Å². The number of thioether (sulfide) groups is 1. The third kappa shape index (κ3) is 5.85. The van der Waals surface area contributed by atoms with Crippen molar-refractivity contribution in [2.24, 2.45) is 0 Å². The molecule has 0 spiro atoms. The van der Waals surface area contributed by atoms with E-state index in [9.17, 15) is 13.2 Å². The molecule has 2 N–H and O–H groups in total. The standard InChI is InChI=1S/C22H22N2O3S2/c1-16-8-12-20(13-9-16)28-17(2)22(25)23-18-10-14-21(15-11-18)29(26,27)24-19-6-4-3-5-7-19/h3-15,17,24H,1-2H3,(H,23,25)/t17-/m0/s1. The van der Waals surface area contributed by atoms with Gasteiger partial charge < -0.3 is 5.32 Å². The van der Waals surface area contributed by atoms with Crippen LogP contribution < -0.4 is 10.0 Å². The third-order valence-electron chi connectivity index (χ3n) is 4.16. The van der Waals surface area contributed by atoms with Gasteiger partial charge in [-0.25, -0.2) is 8.42 Å². The van der Waals surface area contributed by atoms with E-state index >= 15 is 0 Å². The lowest BCUT2D eigenvalue weighted by atomic mass is 10.2. The molecule has 150 valence electrons. The van der Waals surface area contributed by atoms with Gasteiger partial charge in [0.1, 0.15) is 0 Å². The summed E-state index contributed by atoms with van der Waals surface area (Å²) in [5, 5.41) is 2.54. The van der Waals surface area contributed by atoms with Crippen molar-refractivity contribution in [1.82, 2.24) is 0 Å². The molecule has 3 aromatic carbocycles. The summed E-state index contributed by atoms with van der Waals surface area (Å²) in [6.07, 6.45) is 0. The van der Waals surface area contributed by atoms with E-state index in [4.69, 9.17) is 0 Å². The zero-order chi connectivity index (χ0) is 20.9. The van der Waals surface area contributed by atoms with Crippen LogP contribution in [0.25, 0.3) is 0 Å². The number of nitrogens with one attached hydrogen (secondary N) is 2. The van der Waals surface area contributed by atoms with Crippen LogP contribution in [-0.4, -0.2) is 19.6 Å². The van der Waals surface area contributed by atoms with Crippen molar-refractivity contribution in [3.05, 3.63) is 84.4 Å². The molecule has 0 radical (unpaired) electrons. The average Bonchev–Trinajstić information content (AvgIpc) is 2.70. The van der Waals surface area contributed by atoms with E-state index in [2.05, 4.69) is 10.0 Å². The molecule has 0 aliphatic heterocycles. The summed E-state index contributed by atoms with van der Waals surface area (Å²) < 4.78 is 27.5. The second-order valence-electron chi connectivity index (χ2n) is 6.56. The van der Waals surface area contributed by atoms with Crippen LogP contribution >= 0.6 is 11.8 Å². The fourth-order valence-corrected chi connectivity index (χ4v) is 4.48. The average molecular weight is 427 g/mol. The summed E-state index contributed by atoms with van der Waals surface area (Å²) in [7, 11) is -3.69. The number of hydrogen-bond donors (Lipinski definition) is 2. The highest BCUT2D eigenvalue weighted by molar-refractivity contribution is 8.00. The molecule has 0 aliphatic carbocycles. The number of sulfonamides is 1. The number of benzene rings is 3. The third-order valence-corrected chi connectivity index (χ3v) is 6.67. The van der Waals surface area contributed by atoms with Gasteiger partial charge in [-0.1, -0.05) is 35.9 Å². The molecule has 0 saturated heterocycles. The zero-order valence-electron chi connectivity index (χ0n) is 16.1. The summed E-state index contributed by atoms with van der Waals surface area (Å²) in [6.45, 7) is 3.85. The molecule has 29 heavy (non-hydrogen) atoms. The molecule has 0 unspecified atom stereocenters. The summed E-state index contributed by atoms with van der Waals surface area (Å²) >= 11 is 1.47. The number of carbonyl (C=O) groups is 1. The van der Waals surface area contributed by atoms with Crippen molar-refractivity contribution in [2.75, 3.05) is 10.0 Å². The lowest BCUT2D eigenvalue weighted by molar-refractivity contribution is -0.115. The van der Waals surface area contributed by atoms with Crippen molar-refractivity contribution in [3.8, 4) is 0 Å². The Morgan fingerprint density at radius 1 is 0.862 bits per heavy atom. The van der Waals surface area contributed by atoms with Gasteiger partial charge in [-0.15, -0.1) is 11.8 Å². The van der Waals surface area contributed by atoms with Gasteiger partial charge >= 0.3 is 0 Å². The van der Waals surface area contributed by atoms with Gasteiger partial charge in [0, 0.05) is 16.3 Å². The van der Waals surface area contributed by atoms with E-state index in [0.717, 1.165) is 4.90 Å². The first-order chi connectivity index (χ1) is 13.8. The molecule has 7 heteroatoms. The van der Waals surface area contributed by atoms with E-state index in [0.29, 0.717) is 11.4 Å². The maximum atomic E-state index is 12.5. The van der Waals surface area contributed by atoms with Gasteiger partial charge in [0.2, 0.25) is 5.91 Å². The molecule has 0 aromatic heterocycles. The predicted molar refractivity (Wildman–Crippen MR) is 119 cm³/mol. The Balaban J connectivity index is 1.62. The first kappa shape index (κ1) is 21.0. The molecule has 0 bridgehead atoms. The maximum Gasteiger partial charge on any atom is 0.261 e. The molecule has 3 aromatic rings. The van der Waals surface area contributed by atoms with Crippen LogP contribution in [0.2, 0.25) is 0 Å². The highest BCUT2D eigenvalue weighted by Gasteiger charge is 2.17. The summed E-state index contributed by atoms with van der Waals surface area (Å²) in [5.41, 5.74) is 2.21. The highest BCUT2D eigenvalue weighted by Crippen LogP contribution is 2.25. The van der Waals surface area contributed by atoms with E-state index in [1.165, 1.54) is 29.5 Å². The monoisotopic (exact) mass is 426 g/mol. The molecule has 1 atom stereocenters. The number of aryl methyl sites for hydroxylation is 1. The molecule has 3 rings (SSSR count). The second-order valence-corrected chi connectivity index (χ2v) is 9.65. The van der Waals surface area contributed by atoms with Gasteiger partial charge in [0.25, 0.3) is 10.0 Å². The number of anilines is 2. The minimum absolute atomic E-state index is 0.126. The summed E-state index contributed by atoms with van der Waals surface area (Å²) in [5.74, 6) is -0.145. The quantitative estimate of drug-likeness (QED) is 0.526. The van der Waals surface area contributed by atoms with Crippen LogP contribution in [0.1, 0.15) is 12.5 Å². The number of hydrogen-bond acceptors (Lipinski definition) is 4. The van der Waals surface area contributed by atoms with E-state index in [1.54, 1.807) is 36.4 Å². The SMILES string of the molecule is Cc1ccc(S[C@@H](C)C(=O)Nc2ccc(S(=O)(=O)Nc3ccccc3)cc2)cc1. The Morgan fingerprint density at radius 2 is 1.48 bits per heavy atom. The molecule has 0 heterocycles. The van der Waals surface area contributed by atoms with E-state index < -0.39 is 10.0 Å². The van der Waals surface area contributed by atoms with Crippen LogP contribution in [0.4, 0.5) is 11.4 Å². The van der Waals surface area contributed by atoms with Crippen LogP contribution in [-0.2, 0) is 14.8 Å². The molecule has 0 fully saturated rings. The number of para-hydroxylation sites is 1. The number of carbonyl (C=O) groups excluding carboxylic acids is 1. The minimum Gasteiger partial charge on any atom is -0.325 e. The summed E-state index contributed by atoms with van der Waals surface area (Å²) in [4.78, 5) is 13.6. The Kier molecular flexibility index (Phi) is 6.61. The van der Waals surface area contributed by atoms with E-state index in [1.807, 2.05) is 44.2 Å². The topological polar surface area (TPSA) is 75.3 Å². The lowest BCUT2D eigenvalue weighted by Crippen LogP contribution is -2.22. The van der Waals surface area contributed by atoms with Crippen molar-refractivity contribution < 1.29 is 13.2 Å². The second kappa shape index (κ2) is 9.15. The normalized spacial score (nSPS) is 12.2. The Morgan fingerprint density at radius 3 is 2.10 bits per heavy atom. The molecule has 0 saturated carbocycles. The highest BCUT2D eigenvalue weighted by atomic mass is 32.2. The summed E-state index contributed by atoms with van der Waals surface area (Å²) in [6, 6.07) is 22.8. The first-order valence-electron chi connectivity index (χ1n) is 9.05. The molecule has 0 aliphatic rings. The molecular weight excluding hydrogens is 404 g/mol. The van der Waals surface area contributed by atoms with Crippen LogP contribution in [0.5, 0.6) is 0 Å². The fraction of sp³-hybridized carbons (Fsp3) is 0.136. The molecular formula is C22H22N2O3S2. The number of rotatable bonds is 7. The largest absolute Gasteiger partial charge is 0.325 e. The maximum absolute atomic E-state index is 12.5. The predicted octanol–water partition coefficient (Wildman–Crippen LogP) is 4.92. The van der Waals surface area contributed by atoms with Crippen molar-refractivity contribution in [2.45, 2.75) is 28.9 Å². The first-order valence-corrected chi connectivity index (χ1v) is 11.4. The van der Waals surface area contributed by atoms with Gasteiger partial charge in [-0.2, -0.15) is 0 Å². The fourth-order valence-electron chi connectivity index (χ4n) is 2.56. The zero-order valence-corrected chi connectivity index (χ0v) is 17.8. The van der Waals surface area contributed by atoms with Gasteiger partial charge in [-0.05, 0) is 62.4 Å². The van der Waals surface area contributed by atoms with Crippen LogP contribution in [0.15, 0.2) is 88.7 Å². The smallest absolute Gasteiger partial charge is 0.261 e. The minimum atomic E-state index is -3.69. The lowest BCUT2D eigenvalue weighted by Gasteiger charge is -2.13. The van der Waals surface area contributed by atoms with Crippen molar-refractivity contribution in [3.63, 3.8) is 0 Å². The molecule has 1 amide bonds. The number of amides is 1.